The van der Waals surface area contributed by atoms with Crippen LogP contribution in [0, 0.1) is 23.0 Å². The first-order valence-corrected chi connectivity index (χ1v) is 4.25. The predicted molar refractivity (Wildman–Crippen MR) is 50.2 cm³/mol. The van der Waals surface area contributed by atoms with E-state index in [0.717, 1.165) is 12.1 Å². The van der Waals surface area contributed by atoms with Crippen LogP contribution in [0.25, 0.3) is 0 Å². The maximum Gasteiger partial charge on any atom is 0.165 e. The van der Waals surface area contributed by atoms with Gasteiger partial charge >= 0.3 is 0 Å². The minimum atomic E-state index is -0.840. The molecule has 5 heteroatoms. The third-order valence-electron chi connectivity index (χ3n) is 1.93. The normalized spacial score (nSPS) is 11.9. The van der Waals surface area contributed by atoms with E-state index in [1.165, 1.54) is 7.11 Å². The van der Waals surface area contributed by atoms with E-state index in [-0.39, 0.29) is 17.7 Å². The van der Waals surface area contributed by atoms with Crippen LogP contribution in [-0.4, -0.2) is 13.2 Å². The molecule has 3 nitrogen and oxygen atoms in total. The topological polar surface area (TPSA) is 59.0 Å². The van der Waals surface area contributed by atoms with Crippen LogP contribution in [0.2, 0.25) is 0 Å². The van der Waals surface area contributed by atoms with E-state index >= 15 is 0 Å². The third-order valence-corrected chi connectivity index (χ3v) is 1.93. The summed E-state index contributed by atoms with van der Waals surface area (Å²) in [7, 11) is 1.25. The number of methoxy groups -OCH3 is 1. The minimum Gasteiger partial charge on any atom is -0.494 e. The van der Waals surface area contributed by atoms with Crippen LogP contribution in [-0.2, 0) is 6.42 Å². The zero-order valence-electron chi connectivity index (χ0n) is 8.13. The molecule has 0 aliphatic heterocycles. The van der Waals surface area contributed by atoms with Gasteiger partial charge in [0.25, 0.3) is 0 Å². The highest BCUT2D eigenvalue weighted by Crippen LogP contribution is 2.21. The summed E-state index contributed by atoms with van der Waals surface area (Å²) in [6.45, 7) is 0. The van der Waals surface area contributed by atoms with E-state index in [1.54, 1.807) is 6.07 Å². The third kappa shape index (κ3) is 2.64. The van der Waals surface area contributed by atoms with E-state index in [0.29, 0.717) is 0 Å². The van der Waals surface area contributed by atoms with Crippen molar-refractivity contribution >= 4 is 0 Å². The highest BCUT2D eigenvalue weighted by molar-refractivity contribution is 5.31. The highest BCUT2D eigenvalue weighted by atomic mass is 19.1. The Labute approximate surface area is 86.1 Å². The second-order valence-electron chi connectivity index (χ2n) is 3.02. The molecular weight excluding hydrogens is 202 g/mol. The molecule has 1 aromatic rings. The summed E-state index contributed by atoms with van der Waals surface area (Å²) in [6.07, 6.45) is -0.0246. The van der Waals surface area contributed by atoms with Gasteiger partial charge in [0.05, 0.1) is 19.2 Å². The average Bonchev–Trinajstić information content (AvgIpc) is 2.22. The van der Waals surface area contributed by atoms with Crippen LogP contribution < -0.4 is 10.5 Å². The molecule has 15 heavy (non-hydrogen) atoms. The lowest BCUT2D eigenvalue weighted by atomic mass is 10.1. The molecule has 0 amide bonds. The smallest absolute Gasteiger partial charge is 0.165 e. The molecule has 0 aliphatic carbocycles. The summed E-state index contributed by atoms with van der Waals surface area (Å²) in [6, 6.07) is 2.84. The van der Waals surface area contributed by atoms with Gasteiger partial charge in [-0.1, -0.05) is 0 Å². The number of hydrogen-bond acceptors (Lipinski definition) is 3. The molecule has 1 aromatic carbocycles. The van der Waals surface area contributed by atoms with Crippen molar-refractivity contribution in [1.29, 1.82) is 5.26 Å². The summed E-state index contributed by atoms with van der Waals surface area (Å²) in [4.78, 5) is 0. The van der Waals surface area contributed by atoms with Gasteiger partial charge in [-0.05, 0) is 11.6 Å². The molecule has 2 N–H and O–H groups in total. The molecule has 0 radical (unpaired) electrons. The number of ether oxygens (including phenoxy) is 1. The maximum atomic E-state index is 13.3. The lowest BCUT2D eigenvalue weighted by molar-refractivity contribution is 0.381. The molecule has 0 bridgehead atoms. The van der Waals surface area contributed by atoms with Crippen molar-refractivity contribution in [3.05, 3.63) is 29.3 Å². The lowest BCUT2D eigenvalue weighted by Gasteiger charge is -2.07. The van der Waals surface area contributed by atoms with Crippen LogP contribution in [0.15, 0.2) is 12.1 Å². The summed E-state index contributed by atoms with van der Waals surface area (Å²) in [5, 5.41) is 8.44. The first-order chi connectivity index (χ1) is 7.08. The van der Waals surface area contributed by atoms with Crippen molar-refractivity contribution in [1.82, 2.24) is 0 Å². The number of rotatable bonds is 3. The second-order valence-corrected chi connectivity index (χ2v) is 3.02. The molecule has 0 spiro atoms. The van der Waals surface area contributed by atoms with Crippen molar-refractivity contribution in [3.8, 4) is 11.8 Å². The van der Waals surface area contributed by atoms with Crippen molar-refractivity contribution < 1.29 is 13.5 Å². The quantitative estimate of drug-likeness (QED) is 0.823. The van der Waals surface area contributed by atoms with Gasteiger partial charge in [-0.15, -0.1) is 0 Å². The Morgan fingerprint density at radius 1 is 1.47 bits per heavy atom. The molecule has 80 valence electrons. The largest absolute Gasteiger partial charge is 0.494 e. The zero-order valence-corrected chi connectivity index (χ0v) is 8.13. The SMILES string of the molecule is COc1cc(F)c(CC(N)C#N)cc1F. The van der Waals surface area contributed by atoms with Crippen molar-refractivity contribution in [2.75, 3.05) is 7.11 Å². The van der Waals surface area contributed by atoms with Gasteiger partial charge in [0.15, 0.2) is 11.6 Å². The van der Waals surface area contributed by atoms with Gasteiger partial charge in [0.1, 0.15) is 5.82 Å². The fraction of sp³-hybridized carbons (Fsp3) is 0.300. The monoisotopic (exact) mass is 212 g/mol. The Bertz CT molecular complexity index is 401. The second kappa shape index (κ2) is 4.71. The number of benzene rings is 1. The van der Waals surface area contributed by atoms with Gasteiger partial charge in [-0.25, -0.2) is 8.78 Å². The Balaban J connectivity index is 3.01. The van der Waals surface area contributed by atoms with E-state index in [9.17, 15) is 8.78 Å². The number of nitriles is 1. The van der Waals surface area contributed by atoms with Crippen molar-refractivity contribution in [3.63, 3.8) is 0 Å². The molecule has 0 saturated heterocycles. The number of hydrogen-bond donors (Lipinski definition) is 1. The van der Waals surface area contributed by atoms with Crippen LogP contribution in [0.1, 0.15) is 5.56 Å². The van der Waals surface area contributed by atoms with Gasteiger partial charge in [0.2, 0.25) is 0 Å². The lowest BCUT2D eigenvalue weighted by Crippen LogP contribution is -2.20. The van der Waals surface area contributed by atoms with Gasteiger partial charge in [-0.3, -0.25) is 0 Å². The molecule has 1 atom stereocenters. The highest BCUT2D eigenvalue weighted by Gasteiger charge is 2.12. The first-order valence-electron chi connectivity index (χ1n) is 4.25. The molecule has 1 unspecified atom stereocenters. The Morgan fingerprint density at radius 2 is 2.13 bits per heavy atom. The Morgan fingerprint density at radius 3 is 2.67 bits per heavy atom. The number of nitrogens with zero attached hydrogens (tertiary/aromatic N) is 1. The van der Waals surface area contributed by atoms with Gasteiger partial charge in [-0.2, -0.15) is 5.26 Å². The summed E-state index contributed by atoms with van der Waals surface area (Å²) >= 11 is 0. The number of halogens is 2. The molecule has 0 aromatic heterocycles. The predicted octanol–water partition coefficient (Wildman–Crippen LogP) is 1.37. The minimum absolute atomic E-state index is 0.0246. The van der Waals surface area contributed by atoms with Crippen LogP contribution in [0.5, 0.6) is 5.75 Å². The fourth-order valence-electron chi connectivity index (χ4n) is 1.17. The molecule has 0 heterocycles. The van der Waals surface area contributed by atoms with Crippen LogP contribution >= 0.6 is 0 Å². The van der Waals surface area contributed by atoms with E-state index < -0.39 is 17.7 Å². The summed E-state index contributed by atoms with van der Waals surface area (Å²) in [5.74, 6) is -1.46. The summed E-state index contributed by atoms with van der Waals surface area (Å²) < 4.78 is 31.1. The summed E-state index contributed by atoms with van der Waals surface area (Å²) in [5.41, 5.74) is 5.38. The molecule has 0 fully saturated rings. The standard InChI is InChI=1S/C10H10F2N2O/c1-15-10-4-8(11)6(3-9(10)12)2-7(14)5-13/h3-4,7H,2,14H2,1H3. The Hall–Kier alpha value is -1.67. The van der Waals surface area contributed by atoms with E-state index in [4.69, 9.17) is 11.0 Å². The zero-order chi connectivity index (χ0) is 11.4. The van der Waals surface area contributed by atoms with Crippen LogP contribution in [0.4, 0.5) is 8.78 Å². The molecule has 1 rings (SSSR count). The van der Waals surface area contributed by atoms with E-state index in [1.807, 2.05) is 0 Å². The van der Waals surface area contributed by atoms with Gasteiger partial charge < -0.3 is 10.5 Å². The van der Waals surface area contributed by atoms with E-state index in [2.05, 4.69) is 4.74 Å². The average molecular weight is 212 g/mol. The van der Waals surface area contributed by atoms with Crippen LogP contribution in [0.3, 0.4) is 0 Å². The first kappa shape index (κ1) is 11.4. The fourth-order valence-corrected chi connectivity index (χ4v) is 1.17. The van der Waals surface area contributed by atoms with Gasteiger partial charge in [0, 0.05) is 12.5 Å². The Kier molecular flexibility index (Phi) is 3.58. The molecule has 0 saturated carbocycles. The van der Waals surface area contributed by atoms with Crippen molar-refractivity contribution in [2.24, 2.45) is 5.73 Å². The molecule has 0 aliphatic rings. The maximum absolute atomic E-state index is 13.3. The van der Waals surface area contributed by atoms with Crippen molar-refractivity contribution in [2.45, 2.75) is 12.5 Å². The molecular formula is C10H10F2N2O. The number of nitrogens with two attached hydrogens (primary N) is 1.